The number of Topliss-reactive ketones (excluding diaryl/α,β-unsaturated/α-hetero) is 1. The number of piperidine rings is 1. The standard InChI is InChI=1S/C24H23N5O2S/c1-29-7-5-20(6-8-29)31-21-4-2-3-16(11-21)23(30)12-19-10-17-9-18(24-28-27-15-32-24)13-26-22(17)14-25-19/h2-4,9-11,13-15,20H,5-8,12H2,1H3. The van der Waals surface area contributed by atoms with Crippen LogP contribution < -0.4 is 4.74 Å². The summed E-state index contributed by atoms with van der Waals surface area (Å²) in [6, 6.07) is 11.4. The van der Waals surface area contributed by atoms with Crippen molar-refractivity contribution in [2.24, 2.45) is 0 Å². The Bertz CT molecular complexity index is 1240. The number of hydrogen-bond acceptors (Lipinski definition) is 8. The molecular weight excluding hydrogens is 422 g/mol. The molecule has 0 bridgehead atoms. The summed E-state index contributed by atoms with van der Waals surface area (Å²) in [5.74, 6) is 0.765. The summed E-state index contributed by atoms with van der Waals surface area (Å²) in [4.78, 5) is 24.2. The first-order valence-electron chi connectivity index (χ1n) is 10.6. The van der Waals surface area contributed by atoms with E-state index in [2.05, 4.69) is 32.1 Å². The number of hydrogen-bond donors (Lipinski definition) is 0. The van der Waals surface area contributed by atoms with Crippen molar-refractivity contribution < 1.29 is 9.53 Å². The minimum Gasteiger partial charge on any atom is -0.490 e. The van der Waals surface area contributed by atoms with Crippen LogP contribution in [0, 0.1) is 0 Å². The number of likely N-dealkylation sites (tertiary alicyclic amines) is 1. The van der Waals surface area contributed by atoms with Crippen LogP contribution in [0.3, 0.4) is 0 Å². The van der Waals surface area contributed by atoms with Gasteiger partial charge in [-0.2, -0.15) is 0 Å². The zero-order chi connectivity index (χ0) is 21.9. The molecule has 162 valence electrons. The van der Waals surface area contributed by atoms with Crippen LogP contribution in [-0.2, 0) is 6.42 Å². The molecule has 0 unspecified atom stereocenters. The Hall–Kier alpha value is -3.23. The van der Waals surface area contributed by atoms with Gasteiger partial charge in [0.15, 0.2) is 5.78 Å². The predicted octanol–water partition coefficient (Wildman–Crippen LogP) is 4.05. The van der Waals surface area contributed by atoms with Crippen LogP contribution in [0.2, 0.25) is 0 Å². The second kappa shape index (κ2) is 9.10. The monoisotopic (exact) mass is 445 g/mol. The molecule has 0 spiro atoms. The third-order valence-corrected chi connectivity index (χ3v) is 6.44. The number of carbonyl (C=O) groups is 1. The smallest absolute Gasteiger partial charge is 0.168 e. The fraction of sp³-hybridized carbons (Fsp3) is 0.292. The number of benzene rings is 1. The third-order valence-electron chi connectivity index (χ3n) is 5.70. The number of ether oxygens (including phenoxy) is 1. The minimum atomic E-state index is 0.0129. The molecule has 1 fully saturated rings. The van der Waals surface area contributed by atoms with E-state index in [9.17, 15) is 4.79 Å². The molecule has 1 aromatic carbocycles. The molecule has 5 rings (SSSR count). The average molecular weight is 446 g/mol. The van der Waals surface area contributed by atoms with Gasteiger partial charge >= 0.3 is 0 Å². The Morgan fingerprint density at radius 3 is 2.84 bits per heavy atom. The van der Waals surface area contributed by atoms with E-state index in [0.29, 0.717) is 11.3 Å². The van der Waals surface area contributed by atoms with Crippen LogP contribution >= 0.6 is 11.3 Å². The Morgan fingerprint density at radius 2 is 2.03 bits per heavy atom. The summed E-state index contributed by atoms with van der Waals surface area (Å²) in [7, 11) is 2.13. The van der Waals surface area contributed by atoms with Gasteiger partial charge in [-0.1, -0.05) is 23.5 Å². The Kier molecular flexibility index (Phi) is 5.87. The fourth-order valence-corrected chi connectivity index (χ4v) is 4.43. The second-order valence-electron chi connectivity index (χ2n) is 8.08. The highest BCUT2D eigenvalue weighted by Crippen LogP contribution is 2.24. The van der Waals surface area contributed by atoms with Crippen LogP contribution in [0.4, 0.5) is 0 Å². The lowest BCUT2D eigenvalue weighted by molar-refractivity contribution is 0.0988. The molecule has 0 amide bonds. The van der Waals surface area contributed by atoms with Crippen LogP contribution in [-0.4, -0.2) is 57.1 Å². The van der Waals surface area contributed by atoms with Gasteiger partial charge in [0.25, 0.3) is 0 Å². The molecule has 3 aromatic heterocycles. The normalized spacial score (nSPS) is 15.2. The van der Waals surface area contributed by atoms with E-state index in [1.807, 2.05) is 36.4 Å². The van der Waals surface area contributed by atoms with E-state index in [1.165, 1.54) is 11.3 Å². The lowest BCUT2D eigenvalue weighted by atomic mass is 10.0. The molecule has 1 aliphatic heterocycles. The van der Waals surface area contributed by atoms with Crippen molar-refractivity contribution in [1.82, 2.24) is 25.1 Å². The molecule has 32 heavy (non-hydrogen) atoms. The topological polar surface area (TPSA) is 81.1 Å². The van der Waals surface area contributed by atoms with Gasteiger partial charge in [0.1, 0.15) is 22.4 Å². The highest BCUT2D eigenvalue weighted by molar-refractivity contribution is 7.12. The predicted molar refractivity (Wildman–Crippen MR) is 124 cm³/mol. The zero-order valence-electron chi connectivity index (χ0n) is 17.8. The van der Waals surface area contributed by atoms with E-state index >= 15 is 0 Å². The SMILES string of the molecule is CN1CCC(Oc2cccc(C(=O)Cc3cc4cc(-c5nncs5)cnc4cn3)c2)CC1. The highest BCUT2D eigenvalue weighted by Gasteiger charge is 2.18. The molecule has 0 radical (unpaired) electrons. The first-order valence-corrected chi connectivity index (χ1v) is 11.5. The van der Waals surface area contributed by atoms with E-state index < -0.39 is 0 Å². The summed E-state index contributed by atoms with van der Waals surface area (Å²) >= 11 is 1.46. The van der Waals surface area contributed by atoms with Gasteiger partial charge in [0, 0.05) is 41.5 Å². The van der Waals surface area contributed by atoms with Crippen molar-refractivity contribution in [2.45, 2.75) is 25.4 Å². The summed E-state index contributed by atoms with van der Waals surface area (Å²) in [6.07, 6.45) is 5.91. The quantitative estimate of drug-likeness (QED) is 0.414. The summed E-state index contributed by atoms with van der Waals surface area (Å²) in [5, 5.41) is 9.73. The first kappa shape index (κ1) is 20.7. The highest BCUT2D eigenvalue weighted by atomic mass is 32.1. The maximum absolute atomic E-state index is 13.0. The largest absolute Gasteiger partial charge is 0.490 e. The van der Waals surface area contributed by atoms with Crippen molar-refractivity contribution in [3.05, 3.63) is 65.6 Å². The van der Waals surface area contributed by atoms with Crippen molar-refractivity contribution >= 4 is 28.0 Å². The number of carbonyl (C=O) groups excluding carboxylic acids is 1. The molecule has 4 aromatic rings. The van der Waals surface area contributed by atoms with Crippen molar-refractivity contribution in [1.29, 1.82) is 0 Å². The van der Waals surface area contributed by atoms with Gasteiger partial charge in [-0.05, 0) is 44.2 Å². The van der Waals surface area contributed by atoms with Gasteiger partial charge in [-0.3, -0.25) is 14.8 Å². The second-order valence-corrected chi connectivity index (χ2v) is 8.92. The molecule has 0 saturated carbocycles. The molecule has 4 heterocycles. The first-order chi connectivity index (χ1) is 15.6. The maximum Gasteiger partial charge on any atom is 0.168 e. The Labute approximate surface area is 190 Å². The number of ketones is 1. The summed E-state index contributed by atoms with van der Waals surface area (Å²) < 4.78 is 6.14. The molecule has 8 heteroatoms. The lowest BCUT2D eigenvalue weighted by Crippen LogP contribution is -2.35. The number of pyridine rings is 2. The summed E-state index contributed by atoms with van der Waals surface area (Å²) in [6.45, 7) is 2.07. The lowest BCUT2D eigenvalue weighted by Gasteiger charge is -2.29. The van der Waals surface area contributed by atoms with Gasteiger partial charge < -0.3 is 9.64 Å². The van der Waals surface area contributed by atoms with Crippen LogP contribution in [0.15, 0.2) is 54.3 Å². The van der Waals surface area contributed by atoms with Gasteiger partial charge in [-0.25, -0.2) is 0 Å². The molecule has 0 atom stereocenters. The van der Waals surface area contributed by atoms with Gasteiger partial charge in [0.2, 0.25) is 0 Å². The summed E-state index contributed by atoms with van der Waals surface area (Å²) in [5.41, 5.74) is 4.73. The van der Waals surface area contributed by atoms with Crippen LogP contribution in [0.1, 0.15) is 28.9 Å². The van der Waals surface area contributed by atoms with Gasteiger partial charge in [-0.15, -0.1) is 10.2 Å². The zero-order valence-corrected chi connectivity index (χ0v) is 18.6. The number of rotatable bonds is 6. The van der Waals surface area contributed by atoms with E-state index in [-0.39, 0.29) is 18.3 Å². The van der Waals surface area contributed by atoms with Crippen molar-refractivity contribution in [3.63, 3.8) is 0 Å². The van der Waals surface area contributed by atoms with Crippen LogP contribution in [0.25, 0.3) is 21.5 Å². The average Bonchev–Trinajstić information content (AvgIpc) is 3.35. The molecule has 1 saturated heterocycles. The molecule has 0 aliphatic carbocycles. The Morgan fingerprint density at radius 1 is 1.16 bits per heavy atom. The number of aromatic nitrogens is 4. The maximum atomic E-state index is 13.0. The van der Waals surface area contributed by atoms with Gasteiger partial charge in [0.05, 0.1) is 18.1 Å². The third kappa shape index (κ3) is 4.66. The molecule has 0 N–H and O–H groups in total. The van der Waals surface area contributed by atoms with Crippen molar-refractivity contribution in [3.8, 4) is 16.3 Å². The number of fused-ring (bicyclic) bond motifs is 1. The Balaban J connectivity index is 1.31. The van der Waals surface area contributed by atoms with E-state index in [1.54, 1.807) is 17.9 Å². The minimum absolute atomic E-state index is 0.0129. The van der Waals surface area contributed by atoms with E-state index in [4.69, 9.17) is 4.74 Å². The van der Waals surface area contributed by atoms with E-state index in [0.717, 1.165) is 53.2 Å². The van der Waals surface area contributed by atoms with Crippen LogP contribution in [0.5, 0.6) is 5.75 Å². The van der Waals surface area contributed by atoms with Crippen molar-refractivity contribution in [2.75, 3.05) is 20.1 Å². The molecular formula is C24H23N5O2S. The molecule has 7 nitrogen and oxygen atoms in total. The molecule has 1 aliphatic rings. The fourth-order valence-electron chi connectivity index (χ4n) is 3.89. The number of nitrogens with zero attached hydrogens (tertiary/aromatic N) is 5.